The summed E-state index contributed by atoms with van der Waals surface area (Å²) in [7, 11) is 0. The van der Waals surface area contributed by atoms with Crippen molar-refractivity contribution >= 4 is 202 Å². The van der Waals surface area contributed by atoms with Crippen molar-refractivity contribution in [1.29, 1.82) is 0 Å². The van der Waals surface area contributed by atoms with Crippen LogP contribution in [0.4, 0.5) is 0 Å². The first-order valence-corrected chi connectivity index (χ1v) is 45.9. The zero-order valence-corrected chi connectivity index (χ0v) is 73.0. The van der Waals surface area contributed by atoms with Gasteiger partial charge in [0.25, 0.3) is 0 Å². The summed E-state index contributed by atoms with van der Waals surface area (Å²) in [5.41, 5.74) is 35.9. The van der Waals surface area contributed by atoms with E-state index in [1.54, 1.807) is 0 Å². The molecule has 0 amide bonds. The average Bonchev–Trinajstić information content (AvgIpc) is 1.63. The van der Waals surface area contributed by atoms with Gasteiger partial charge < -0.3 is 0 Å². The lowest BCUT2D eigenvalue weighted by molar-refractivity contribution is 0.660. The van der Waals surface area contributed by atoms with E-state index in [2.05, 4.69) is 452 Å². The molecule has 0 radical (unpaired) electrons. The monoisotopic (exact) mass is 1700 g/mol. The van der Waals surface area contributed by atoms with E-state index in [1.807, 2.05) is 6.07 Å². The Hall–Kier alpha value is -17.7. The van der Waals surface area contributed by atoms with Gasteiger partial charge in [-0.2, -0.15) is 0 Å². The molecule has 0 aliphatic heterocycles. The van der Waals surface area contributed by atoms with Crippen LogP contribution in [0, 0.1) is 0 Å². The van der Waals surface area contributed by atoms with Crippen molar-refractivity contribution in [2.24, 2.45) is 0 Å². The van der Waals surface area contributed by atoms with E-state index in [0.29, 0.717) is 0 Å². The van der Waals surface area contributed by atoms with Crippen molar-refractivity contribution in [3.63, 3.8) is 0 Å². The Morgan fingerprint density at radius 3 is 0.940 bits per heavy atom. The smallest absolute Gasteiger partial charge is 0.147 e. The van der Waals surface area contributed by atoms with E-state index in [0.717, 1.165) is 154 Å². The Kier molecular flexibility index (Phi) is 16.4. The summed E-state index contributed by atoms with van der Waals surface area (Å²) < 4.78 is 6.94. The minimum atomic E-state index is -0.0156. The second-order valence-electron chi connectivity index (χ2n) is 36.4. The fraction of sp³-hybridized carbons (Fsp3) is 0.0240. The summed E-state index contributed by atoms with van der Waals surface area (Å²) in [5, 5.41) is 22.6. The fourth-order valence-corrected chi connectivity index (χ4v) is 22.0. The molecule has 20 aromatic carbocycles. The number of nitrogens with zero attached hydrogens (tertiary/aromatic N) is 9. The summed E-state index contributed by atoms with van der Waals surface area (Å²) in [6.45, 7) is 4.69. The Morgan fingerprint density at radius 2 is 0.478 bits per heavy atom. The average molecular weight is 1710 g/mol. The Labute approximate surface area is 767 Å². The zero-order chi connectivity index (χ0) is 88.1. The van der Waals surface area contributed by atoms with Gasteiger partial charge in [0.05, 0.1) is 82.8 Å². The maximum absolute atomic E-state index is 5.19. The quantitative estimate of drug-likeness (QED) is 0.126. The largest absolute Gasteiger partial charge is 0.292 e. The molecule has 1 aliphatic rings. The number of hydrogen-bond acceptors (Lipinski definition) is 6. The van der Waals surface area contributed by atoms with Crippen molar-refractivity contribution < 1.29 is 0 Å². The Morgan fingerprint density at radius 1 is 0.164 bits per heavy atom. The van der Waals surface area contributed by atoms with Gasteiger partial charge in [0.1, 0.15) is 16.9 Å². The van der Waals surface area contributed by atoms with Crippen LogP contribution in [-0.4, -0.2) is 43.1 Å². The Balaban J connectivity index is 0.000000101. The third-order valence-electron chi connectivity index (χ3n) is 28.5. The fourth-order valence-electron chi connectivity index (χ4n) is 22.0. The van der Waals surface area contributed by atoms with Crippen molar-refractivity contribution in [3.05, 3.63) is 442 Å². The number of aromatic nitrogens is 9. The first-order valence-electron chi connectivity index (χ1n) is 45.9. The van der Waals surface area contributed by atoms with Crippen LogP contribution in [0.5, 0.6) is 0 Å². The maximum Gasteiger partial charge on any atom is 0.147 e. The van der Waals surface area contributed by atoms with Gasteiger partial charge in [0.2, 0.25) is 0 Å². The molecule has 0 atom stereocenters. The lowest BCUT2D eigenvalue weighted by Crippen LogP contribution is -2.14. The van der Waals surface area contributed by atoms with Gasteiger partial charge in [-0.1, -0.05) is 323 Å². The molecule has 134 heavy (non-hydrogen) atoms. The molecular weight excluding hydrogens is 1630 g/mol. The number of para-hydroxylation sites is 9. The van der Waals surface area contributed by atoms with Crippen LogP contribution in [0.2, 0.25) is 0 Å². The first-order chi connectivity index (χ1) is 66.1. The minimum absolute atomic E-state index is 0.0156. The molecule has 0 saturated heterocycles. The van der Waals surface area contributed by atoms with Crippen LogP contribution in [0.15, 0.2) is 431 Å². The number of benzene rings is 20. The van der Waals surface area contributed by atoms with E-state index in [-0.39, 0.29) is 5.41 Å². The van der Waals surface area contributed by atoms with Crippen LogP contribution in [0.3, 0.4) is 0 Å². The molecule has 0 bridgehead atoms. The number of imidazole rings is 3. The molecule has 0 saturated carbocycles. The predicted octanol–water partition coefficient (Wildman–Crippen LogP) is 32.4. The highest BCUT2D eigenvalue weighted by atomic mass is 15.0. The second kappa shape index (κ2) is 29.2. The minimum Gasteiger partial charge on any atom is -0.292 e. The summed E-state index contributed by atoms with van der Waals surface area (Å²) >= 11 is 0. The lowest BCUT2D eigenvalue weighted by atomic mass is 9.81. The second-order valence-corrected chi connectivity index (χ2v) is 36.4. The van der Waals surface area contributed by atoms with Crippen molar-refractivity contribution in [2.75, 3.05) is 0 Å². The molecule has 0 spiro atoms. The summed E-state index contributed by atoms with van der Waals surface area (Å²) in [4.78, 5) is 30.9. The van der Waals surface area contributed by atoms with Crippen LogP contribution in [0.25, 0.3) is 269 Å². The van der Waals surface area contributed by atoms with Gasteiger partial charge in [-0.3, -0.25) is 13.2 Å². The lowest BCUT2D eigenvalue weighted by Gasteiger charge is -2.22. The van der Waals surface area contributed by atoms with Crippen LogP contribution in [-0.2, 0) is 5.41 Å². The van der Waals surface area contributed by atoms with E-state index in [1.165, 1.54) is 126 Å². The Bertz CT molecular complexity index is 10200. The van der Waals surface area contributed by atoms with E-state index < -0.39 is 0 Å². The van der Waals surface area contributed by atoms with Crippen molar-refractivity contribution in [1.82, 2.24) is 43.1 Å². The normalized spacial score (nSPS) is 12.6. The number of pyridine rings is 6. The van der Waals surface area contributed by atoms with Gasteiger partial charge in [-0.15, -0.1) is 0 Å². The predicted molar refractivity (Wildman–Crippen MR) is 561 cm³/mol. The van der Waals surface area contributed by atoms with Crippen LogP contribution in [0.1, 0.15) is 25.0 Å². The van der Waals surface area contributed by atoms with Gasteiger partial charge in [-0.05, 0) is 253 Å². The molecule has 9 nitrogen and oxygen atoms in total. The number of hydrogen-bond donors (Lipinski definition) is 0. The highest BCUT2D eigenvalue weighted by molar-refractivity contribution is 6.21. The molecule has 0 N–H and O–H groups in total. The van der Waals surface area contributed by atoms with Crippen LogP contribution >= 0.6 is 0 Å². The first kappa shape index (κ1) is 75.3. The number of fused-ring (bicyclic) bond motifs is 37. The van der Waals surface area contributed by atoms with Crippen molar-refractivity contribution in [3.8, 4) is 66.8 Å². The third-order valence-corrected chi connectivity index (χ3v) is 28.5. The molecular formula is C125H77N9. The molecule has 1 aliphatic carbocycles. The molecule has 622 valence electrons. The molecule has 29 aromatic rings. The maximum atomic E-state index is 5.19. The highest BCUT2D eigenvalue weighted by Crippen LogP contribution is 2.51. The zero-order valence-electron chi connectivity index (χ0n) is 73.0. The van der Waals surface area contributed by atoms with Gasteiger partial charge in [-0.25, -0.2) is 29.9 Å². The standard InChI is InChI=1S/C47H31N3.C42H25N3.C36H21N3/c1-47(2)39-11-5-4-10-35(39)36-21-19-32(26-40(36)47)30-17-15-29-24-31(18-16-28(29)23-30)33-20-22-37-44(27-33)50-43-14-8-7-13-42(43)49-46(50)38-25-34-9-3-6-12-41(34)48-45(37)38;1-3-11-31-29(9-1)23-35(33-13-5-4-12-32(31)33)27-19-17-26(18-20-27)28-21-22-34-40(25-28)45-39-16-8-7-15-38(39)44-42(45)36-24-30-10-2-6-14-37(30)43-41(34)36;1-3-11-25-22(9-1)19-29(27-13-5-4-12-26(25)27)23-17-18-28-34(21-23)39-33-16-8-7-15-32(33)38-36(39)30-20-24-10-2-6-14-31(24)37-35(28)30/h3-27H,1-2H3;1-25H;1-21H. The third kappa shape index (κ3) is 11.6. The SMILES string of the molecule is CC1(C)c2ccccc2-c2ccc(-c3ccc4cc(-c5ccc6c7nc8ccccc8cc7c7nc8ccccc8n7c6c5)ccc4c3)cc21.c1ccc2nc3c4ccc(-c5cc6ccccc6c6ccccc56)cc4n4c5ccccc5nc4c3cc2c1.c1ccc2nc3c4ccc(-c5ccc(-c6cc7ccccc7c7ccccc67)cc5)cc4n4c5ccccc5nc4c3cc2c1. The van der Waals surface area contributed by atoms with Gasteiger partial charge in [0.15, 0.2) is 0 Å². The van der Waals surface area contributed by atoms with E-state index in [4.69, 9.17) is 29.9 Å². The van der Waals surface area contributed by atoms with E-state index in [9.17, 15) is 0 Å². The summed E-state index contributed by atoms with van der Waals surface area (Å²) in [6, 6.07) is 155. The number of rotatable bonds is 5. The topological polar surface area (TPSA) is 90.6 Å². The molecule has 0 unspecified atom stereocenters. The molecule has 30 rings (SSSR count). The molecule has 9 heterocycles. The van der Waals surface area contributed by atoms with Gasteiger partial charge in [0, 0.05) is 53.9 Å². The highest BCUT2D eigenvalue weighted by Gasteiger charge is 2.36. The van der Waals surface area contributed by atoms with E-state index >= 15 is 0 Å². The van der Waals surface area contributed by atoms with Gasteiger partial charge >= 0.3 is 0 Å². The molecule has 0 fully saturated rings. The molecule has 9 aromatic heterocycles. The molecule has 9 heteroatoms. The van der Waals surface area contributed by atoms with Crippen molar-refractivity contribution in [2.45, 2.75) is 19.3 Å². The summed E-state index contributed by atoms with van der Waals surface area (Å²) in [6.07, 6.45) is 0. The van der Waals surface area contributed by atoms with Crippen LogP contribution < -0.4 is 0 Å². The summed E-state index contributed by atoms with van der Waals surface area (Å²) in [5.74, 6) is 0.